The Balaban J connectivity index is 5.05. The standard InChI is InChI=1S/C69H133N2O7P/c1-7-10-13-16-19-22-25-27-29-31-33-34-35-36-38-39-41-43-46-49-52-55-58-61-68(72)70-66(65-77-79(74,75)76-64-63-71(4,5)6)67(60-57-54-51-48-45-24-21-18-15-12-9-3)78-69(73)62-59-56-53-50-47-44-42-40-37-32-30-28-26-23-20-17-14-11-8-2/h20,23,28,30,57,60,66-67H,7-19,21-22,24-27,29,31-56,58-59,61-65H2,1-6H3,(H-,70,72,74,75)/p+1/b23-20-,30-28-,60-57+. The number of hydrogen-bond donors (Lipinski definition) is 2. The van der Waals surface area contributed by atoms with Gasteiger partial charge in [-0.05, 0) is 63.9 Å². The summed E-state index contributed by atoms with van der Waals surface area (Å²) in [5.41, 5.74) is 0. The number of nitrogens with zero attached hydrogens (tertiary/aromatic N) is 1. The number of hydrogen-bond acceptors (Lipinski definition) is 6. The molecule has 0 bridgehead atoms. The normalized spacial score (nSPS) is 13.8. The Morgan fingerprint density at radius 2 is 0.772 bits per heavy atom. The molecule has 0 radical (unpaired) electrons. The van der Waals surface area contributed by atoms with Gasteiger partial charge in [-0.15, -0.1) is 0 Å². The number of nitrogens with one attached hydrogen (secondary N) is 1. The van der Waals surface area contributed by atoms with Crippen LogP contribution in [-0.4, -0.2) is 74.3 Å². The van der Waals surface area contributed by atoms with Gasteiger partial charge in [0.1, 0.15) is 19.3 Å². The maximum Gasteiger partial charge on any atom is 0.472 e. The van der Waals surface area contributed by atoms with Gasteiger partial charge in [-0.2, -0.15) is 0 Å². The monoisotopic (exact) mass is 1130 g/mol. The maximum atomic E-state index is 13.6. The van der Waals surface area contributed by atoms with Gasteiger partial charge >= 0.3 is 13.8 Å². The van der Waals surface area contributed by atoms with E-state index in [-0.39, 0.29) is 25.1 Å². The molecule has 0 aliphatic carbocycles. The molecule has 2 N–H and O–H groups in total. The van der Waals surface area contributed by atoms with Crippen LogP contribution in [-0.2, 0) is 27.9 Å². The molecular formula is C69H134N2O7P+. The summed E-state index contributed by atoms with van der Waals surface area (Å²) in [6.07, 6.45) is 73.0. The molecule has 3 atom stereocenters. The fourth-order valence-electron chi connectivity index (χ4n) is 10.3. The Morgan fingerprint density at radius 3 is 1.16 bits per heavy atom. The molecule has 1 amide bonds. The summed E-state index contributed by atoms with van der Waals surface area (Å²) in [6.45, 7) is 7.03. The number of phosphoric acid groups is 1. The minimum absolute atomic E-state index is 0.0421. The van der Waals surface area contributed by atoms with Crippen molar-refractivity contribution in [2.45, 2.75) is 354 Å². The minimum Gasteiger partial charge on any atom is -0.456 e. The highest BCUT2D eigenvalue weighted by molar-refractivity contribution is 7.47. The van der Waals surface area contributed by atoms with Crippen molar-refractivity contribution in [2.75, 3.05) is 40.9 Å². The zero-order valence-electron chi connectivity index (χ0n) is 53.4. The van der Waals surface area contributed by atoms with E-state index in [1.807, 2.05) is 33.3 Å². The molecule has 0 saturated carbocycles. The van der Waals surface area contributed by atoms with Gasteiger partial charge in [0.25, 0.3) is 0 Å². The van der Waals surface area contributed by atoms with E-state index in [0.717, 1.165) is 64.2 Å². The van der Waals surface area contributed by atoms with Crippen LogP contribution in [0, 0.1) is 0 Å². The molecule has 0 aromatic rings. The topological polar surface area (TPSA) is 111 Å². The van der Waals surface area contributed by atoms with E-state index < -0.39 is 20.0 Å². The van der Waals surface area contributed by atoms with Gasteiger partial charge in [-0.1, -0.05) is 302 Å². The highest BCUT2D eigenvalue weighted by Gasteiger charge is 2.30. The van der Waals surface area contributed by atoms with Crippen LogP contribution in [0.4, 0.5) is 0 Å². The van der Waals surface area contributed by atoms with Crippen LogP contribution in [0.2, 0.25) is 0 Å². The quantitative estimate of drug-likeness (QED) is 0.0205. The third-order valence-corrected chi connectivity index (χ3v) is 16.6. The average molecular weight is 1130 g/mol. The summed E-state index contributed by atoms with van der Waals surface area (Å²) in [6, 6.07) is -0.846. The number of amides is 1. The summed E-state index contributed by atoms with van der Waals surface area (Å²) < 4.78 is 30.8. The molecule has 0 heterocycles. The molecule has 79 heavy (non-hydrogen) atoms. The highest BCUT2D eigenvalue weighted by atomic mass is 31.2. The summed E-state index contributed by atoms with van der Waals surface area (Å²) >= 11 is 0. The van der Waals surface area contributed by atoms with Gasteiger partial charge in [0.2, 0.25) is 5.91 Å². The number of unbranched alkanes of at least 4 members (excludes halogenated alkanes) is 43. The zero-order chi connectivity index (χ0) is 57.9. The number of rotatable bonds is 63. The number of likely N-dealkylation sites (N-methyl/N-ethyl adjacent to an activating group) is 1. The van der Waals surface area contributed by atoms with E-state index in [0.29, 0.717) is 23.9 Å². The molecule has 0 aromatic carbocycles. The first-order valence-corrected chi connectivity index (χ1v) is 35.8. The fourth-order valence-corrected chi connectivity index (χ4v) is 11.0. The van der Waals surface area contributed by atoms with Crippen LogP contribution in [0.3, 0.4) is 0 Å². The van der Waals surface area contributed by atoms with Gasteiger partial charge in [0, 0.05) is 12.8 Å². The molecule has 0 aliphatic heterocycles. The summed E-state index contributed by atoms with van der Waals surface area (Å²) in [4.78, 5) is 37.8. The average Bonchev–Trinajstić information content (AvgIpc) is 3.41. The van der Waals surface area contributed by atoms with E-state index in [1.165, 1.54) is 244 Å². The minimum atomic E-state index is -4.45. The summed E-state index contributed by atoms with van der Waals surface area (Å²) in [7, 11) is 1.51. The SMILES string of the molecule is CCCCC/C=C\C/C=C\CCCCCCCCCCCC(=O)OC(/C=C/CCCCCCCCCCC)C(COP(=O)(O)OCC[N+](C)(C)C)NC(=O)CCCCCCCCCCCCCCCCCCCCCCCCC. The fraction of sp³-hybridized carbons (Fsp3) is 0.884. The van der Waals surface area contributed by atoms with Gasteiger partial charge in [-0.3, -0.25) is 18.6 Å². The van der Waals surface area contributed by atoms with E-state index >= 15 is 0 Å². The van der Waals surface area contributed by atoms with E-state index in [2.05, 4.69) is 50.4 Å². The smallest absolute Gasteiger partial charge is 0.456 e. The van der Waals surface area contributed by atoms with Crippen LogP contribution in [0.1, 0.15) is 342 Å². The van der Waals surface area contributed by atoms with E-state index in [9.17, 15) is 19.0 Å². The molecule has 466 valence electrons. The first-order valence-electron chi connectivity index (χ1n) is 34.3. The largest absolute Gasteiger partial charge is 0.472 e. The summed E-state index contributed by atoms with van der Waals surface area (Å²) in [5.74, 6) is -0.493. The Bertz CT molecular complexity index is 1450. The van der Waals surface area contributed by atoms with Crippen LogP contribution < -0.4 is 5.32 Å². The van der Waals surface area contributed by atoms with Crippen molar-refractivity contribution in [3.63, 3.8) is 0 Å². The van der Waals surface area contributed by atoms with Crippen molar-refractivity contribution in [1.29, 1.82) is 0 Å². The zero-order valence-corrected chi connectivity index (χ0v) is 54.3. The number of carbonyl (C=O) groups excluding carboxylic acids is 2. The number of phosphoric ester groups is 1. The second-order valence-corrected chi connectivity index (χ2v) is 26.2. The molecule has 9 nitrogen and oxygen atoms in total. The van der Waals surface area contributed by atoms with Crippen molar-refractivity contribution >= 4 is 19.7 Å². The lowest BCUT2D eigenvalue weighted by Gasteiger charge is -2.27. The lowest BCUT2D eigenvalue weighted by atomic mass is 10.0. The molecule has 0 saturated heterocycles. The molecular weight excluding hydrogens is 1000 g/mol. The Kier molecular flexibility index (Phi) is 58.1. The van der Waals surface area contributed by atoms with Crippen LogP contribution in [0.15, 0.2) is 36.5 Å². The number of carbonyl (C=O) groups is 2. The second kappa shape index (κ2) is 59.4. The van der Waals surface area contributed by atoms with Crippen molar-refractivity contribution in [1.82, 2.24) is 5.32 Å². The Labute approximate surface area is 491 Å². The Hall–Kier alpha value is -1.77. The second-order valence-electron chi connectivity index (χ2n) is 24.7. The molecule has 0 aliphatic rings. The van der Waals surface area contributed by atoms with Crippen LogP contribution in [0.5, 0.6) is 0 Å². The van der Waals surface area contributed by atoms with Gasteiger partial charge < -0.3 is 19.4 Å². The highest BCUT2D eigenvalue weighted by Crippen LogP contribution is 2.43. The maximum absolute atomic E-state index is 13.6. The number of esters is 1. The van der Waals surface area contributed by atoms with Crippen molar-refractivity contribution in [3.8, 4) is 0 Å². The number of ether oxygens (including phenoxy) is 1. The number of allylic oxidation sites excluding steroid dienone is 5. The first-order chi connectivity index (χ1) is 38.4. The van der Waals surface area contributed by atoms with Crippen molar-refractivity contribution < 1.29 is 37.3 Å². The molecule has 0 rings (SSSR count). The lowest BCUT2D eigenvalue weighted by Crippen LogP contribution is -2.47. The molecule has 3 unspecified atom stereocenters. The summed E-state index contributed by atoms with van der Waals surface area (Å²) in [5, 5.41) is 3.07. The molecule has 0 spiro atoms. The van der Waals surface area contributed by atoms with E-state index in [1.54, 1.807) is 0 Å². The predicted octanol–water partition coefficient (Wildman–Crippen LogP) is 21.5. The van der Waals surface area contributed by atoms with Crippen LogP contribution in [0.25, 0.3) is 0 Å². The molecule has 0 aromatic heterocycles. The van der Waals surface area contributed by atoms with Crippen molar-refractivity contribution in [2.24, 2.45) is 0 Å². The molecule has 0 fully saturated rings. The first kappa shape index (κ1) is 77.2. The third-order valence-electron chi connectivity index (χ3n) is 15.6. The van der Waals surface area contributed by atoms with Gasteiger partial charge in [0.15, 0.2) is 0 Å². The lowest BCUT2D eigenvalue weighted by molar-refractivity contribution is -0.870. The molecule has 10 heteroatoms. The van der Waals surface area contributed by atoms with Crippen molar-refractivity contribution in [3.05, 3.63) is 36.5 Å². The van der Waals surface area contributed by atoms with E-state index in [4.69, 9.17) is 13.8 Å². The van der Waals surface area contributed by atoms with Gasteiger partial charge in [0.05, 0.1) is 33.8 Å². The number of quaternary nitrogens is 1. The Morgan fingerprint density at radius 1 is 0.443 bits per heavy atom. The van der Waals surface area contributed by atoms with Gasteiger partial charge in [-0.25, -0.2) is 4.57 Å². The third kappa shape index (κ3) is 60.6. The predicted molar refractivity (Wildman–Crippen MR) is 342 cm³/mol. The van der Waals surface area contributed by atoms with Crippen LogP contribution >= 0.6 is 7.82 Å².